The van der Waals surface area contributed by atoms with Crippen molar-refractivity contribution in [3.8, 4) is 0 Å². The van der Waals surface area contributed by atoms with Crippen molar-refractivity contribution in [1.29, 1.82) is 0 Å². The number of nitrogens with zero attached hydrogens (tertiary/aromatic N) is 2. The lowest BCUT2D eigenvalue weighted by Crippen LogP contribution is -2.12. The average molecular weight is 385 g/mol. The molecule has 0 unspecified atom stereocenters. The fourth-order valence-electron chi connectivity index (χ4n) is 3.18. The smallest absolute Gasteiger partial charge is 0.358 e. The van der Waals surface area contributed by atoms with Crippen LogP contribution in [0.1, 0.15) is 26.4 Å². The van der Waals surface area contributed by atoms with E-state index in [1.165, 1.54) is 7.11 Å². The van der Waals surface area contributed by atoms with Gasteiger partial charge in [-0.2, -0.15) is 0 Å². The number of imidazole rings is 1. The third-order valence-electron chi connectivity index (χ3n) is 4.64. The zero-order valence-corrected chi connectivity index (χ0v) is 15.8. The van der Waals surface area contributed by atoms with Crippen molar-refractivity contribution in [2.24, 2.45) is 0 Å². The van der Waals surface area contributed by atoms with Crippen LogP contribution in [0.4, 0.5) is 5.69 Å². The molecule has 6 nitrogen and oxygen atoms in total. The topological polar surface area (TPSA) is 73.2 Å². The van der Waals surface area contributed by atoms with E-state index in [0.29, 0.717) is 17.8 Å². The van der Waals surface area contributed by atoms with Crippen LogP contribution >= 0.6 is 0 Å². The summed E-state index contributed by atoms with van der Waals surface area (Å²) in [5, 5.41) is 4.90. The van der Waals surface area contributed by atoms with Crippen LogP contribution in [0.3, 0.4) is 0 Å². The van der Waals surface area contributed by atoms with E-state index in [-0.39, 0.29) is 11.6 Å². The first-order valence-electron chi connectivity index (χ1n) is 9.12. The molecule has 0 spiro atoms. The van der Waals surface area contributed by atoms with Crippen molar-refractivity contribution in [2.45, 2.75) is 6.54 Å². The monoisotopic (exact) mass is 385 g/mol. The maximum atomic E-state index is 12.7. The van der Waals surface area contributed by atoms with Gasteiger partial charge >= 0.3 is 5.97 Å². The Morgan fingerprint density at radius 1 is 1.00 bits per heavy atom. The lowest BCUT2D eigenvalue weighted by molar-refractivity contribution is 0.0594. The first kappa shape index (κ1) is 18.4. The largest absolute Gasteiger partial charge is 0.464 e. The van der Waals surface area contributed by atoms with E-state index in [1.807, 2.05) is 66.7 Å². The normalized spacial score (nSPS) is 10.7. The number of nitrogens with one attached hydrogen (secondary N) is 1. The van der Waals surface area contributed by atoms with Crippen LogP contribution in [-0.4, -0.2) is 28.5 Å². The Balaban J connectivity index is 1.46. The molecule has 0 saturated heterocycles. The van der Waals surface area contributed by atoms with Gasteiger partial charge in [0.25, 0.3) is 5.91 Å². The van der Waals surface area contributed by atoms with E-state index in [1.54, 1.807) is 17.1 Å². The van der Waals surface area contributed by atoms with Gasteiger partial charge in [-0.05, 0) is 34.5 Å². The quantitative estimate of drug-likeness (QED) is 0.525. The summed E-state index contributed by atoms with van der Waals surface area (Å²) < 4.78 is 6.46. The molecule has 4 rings (SSSR count). The minimum atomic E-state index is -0.463. The van der Waals surface area contributed by atoms with Gasteiger partial charge in [0.15, 0.2) is 5.69 Å². The number of carbonyl (C=O) groups excluding carboxylic acids is 2. The van der Waals surface area contributed by atoms with Crippen molar-refractivity contribution in [1.82, 2.24) is 9.55 Å². The predicted molar refractivity (Wildman–Crippen MR) is 111 cm³/mol. The molecule has 0 atom stereocenters. The van der Waals surface area contributed by atoms with Gasteiger partial charge in [0, 0.05) is 24.0 Å². The molecule has 0 radical (unpaired) electrons. The number of carbonyl (C=O) groups is 2. The van der Waals surface area contributed by atoms with E-state index < -0.39 is 5.97 Å². The van der Waals surface area contributed by atoms with Gasteiger partial charge in [-0.25, -0.2) is 9.78 Å². The van der Waals surface area contributed by atoms with E-state index in [2.05, 4.69) is 15.0 Å². The molecule has 0 aliphatic heterocycles. The van der Waals surface area contributed by atoms with Gasteiger partial charge in [-0.3, -0.25) is 4.79 Å². The first-order chi connectivity index (χ1) is 14.1. The third kappa shape index (κ3) is 4.01. The minimum Gasteiger partial charge on any atom is -0.464 e. The fraction of sp³-hybridized carbons (Fsp3) is 0.0870. The number of amides is 1. The van der Waals surface area contributed by atoms with Crippen LogP contribution in [0.25, 0.3) is 10.8 Å². The van der Waals surface area contributed by atoms with Crippen LogP contribution < -0.4 is 5.32 Å². The summed E-state index contributed by atoms with van der Waals surface area (Å²) in [6, 6.07) is 21.1. The van der Waals surface area contributed by atoms with Crippen LogP contribution in [0.15, 0.2) is 79.3 Å². The predicted octanol–water partition coefficient (Wildman–Crippen LogP) is 4.12. The van der Waals surface area contributed by atoms with Crippen LogP contribution in [0.2, 0.25) is 0 Å². The highest BCUT2D eigenvalue weighted by Crippen LogP contribution is 2.20. The number of aromatic nitrogens is 2. The summed E-state index contributed by atoms with van der Waals surface area (Å²) in [5.41, 5.74) is 2.64. The van der Waals surface area contributed by atoms with Crippen molar-refractivity contribution >= 4 is 28.3 Å². The molecule has 6 heteroatoms. The number of esters is 1. The number of anilines is 1. The SMILES string of the molecule is COC(=O)c1cn(Cc2ccc(NC(=O)c3cccc4ccccc34)cc2)cn1. The Morgan fingerprint density at radius 2 is 1.76 bits per heavy atom. The van der Waals surface area contributed by atoms with Crippen molar-refractivity contribution in [3.63, 3.8) is 0 Å². The van der Waals surface area contributed by atoms with Gasteiger partial charge in [0.2, 0.25) is 0 Å². The van der Waals surface area contributed by atoms with E-state index in [0.717, 1.165) is 16.3 Å². The minimum absolute atomic E-state index is 0.146. The molecule has 1 N–H and O–H groups in total. The maximum Gasteiger partial charge on any atom is 0.358 e. The zero-order chi connectivity index (χ0) is 20.2. The molecular formula is C23H19N3O3. The molecule has 1 aromatic heterocycles. The molecule has 0 aliphatic carbocycles. The van der Waals surface area contributed by atoms with E-state index >= 15 is 0 Å². The molecule has 0 bridgehead atoms. The summed E-state index contributed by atoms with van der Waals surface area (Å²) in [5.74, 6) is -0.609. The highest BCUT2D eigenvalue weighted by molar-refractivity contribution is 6.12. The Morgan fingerprint density at radius 3 is 2.55 bits per heavy atom. The van der Waals surface area contributed by atoms with Gasteiger partial charge in [-0.1, -0.05) is 48.5 Å². The number of hydrogen-bond donors (Lipinski definition) is 1. The molecular weight excluding hydrogens is 366 g/mol. The lowest BCUT2D eigenvalue weighted by atomic mass is 10.0. The molecule has 0 fully saturated rings. The molecule has 1 heterocycles. The van der Waals surface area contributed by atoms with Gasteiger partial charge in [0.05, 0.1) is 13.4 Å². The molecule has 0 saturated carbocycles. The second-order valence-corrected chi connectivity index (χ2v) is 6.60. The maximum absolute atomic E-state index is 12.7. The molecule has 0 aliphatic rings. The van der Waals surface area contributed by atoms with E-state index in [4.69, 9.17) is 0 Å². The van der Waals surface area contributed by atoms with Crippen molar-refractivity contribution in [2.75, 3.05) is 12.4 Å². The summed E-state index contributed by atoms with van der Waals surface area (Å²) in [6.07, 6.45) is 3.23. The highest BCUT2D eigenvalue weighted by atomic mass is 16.5. The Kier molecular flexibility index (Phi) is 5.07. The summed E-state index contributed by atoms with van der Waals surface area (Å²) in [6.45, 7) is 0.557. The summed E-state index contributed by atoms with van der Waals surface area (Å²) >= 11 is 0. The average Bonchev–Trinajstić information content (AvgIpc) is 3.22. The number of benzene rings is 3. The third-order valence-corrected chi connectivity index (χ3v) is 4.64. The van der Waals surface area contributed by atoms with Gasteiger partial charge in [-0.15, -0.1) is 0 Å². The summed E-state index contributed by atoms with van der Waals surface area (Å²) in [7, 11) is 1.33. The highest BCUT2D eigenvalue weighted by Gasteiger charge is 2.11. The number of rotatable bonds is 5. The molecule has 144 valence electrons. The Hall–Kier alpha value is -3.93. The standard InChI is InChI=1S/C23H19N3O3/c1-29-23(28)21-14-26(15-24-21)13-16-9-11-18(12-10-16)25-22(27)20-8-4-6-17-5-2-3-7-19(17)20/h2-12,14-15H,13H2,1H3,(H,25,27). The van der Waals surface area contributed by atoms with Crippen molar-refractivity contribution in [3.05, 3.63) is 96.1 Å². The second kappa shape index (κ2) is 7.98. The van der Waals surface area contributed by atoms with Crippen LogP contribution in [0, 0.1) is 0 Å². The van der Waals surface area contributed by atoms with Gasteiger partial charge in [0.1, 0.15) is 0 Å². The molecule has 29 heavy (non-hydrogen) atoms. The molecule has 4 aromatic rings. The molecule has 3 aromatic carbocycles. The number of ether oxygens (including phenoxy) is 1. The number of methoxy groups -OCH3 is 1. The van der Waals surface area contributed by atoms with Crippen LogP contribution in [-0.2, 0) is 11.3 Å². The van der Waals surface area contributed by atoms with Gasteiger partial charge < -0.3 is 14.6 Å². The number of fused-ring (bicyclic) bond motifs is 1. The number of hydrogen-bond acceptors (Lipinski definition) is 4. The van der Waals surface area contributed by atoms with E-state index in [9.17, 15) is 9.59 Å². The Labute approximate surface area is 167 Å². The zero-order valence-electron chi connectivity index (χ0n) is 15.8. The fourth-order valence-corrected chi connectivity index (χ4v) is 3.18. The lowest BCUT2D eigenvalue weighted by Gasteiger charge is -2.09. The second-order valence-electron chi connectivity index (χ2n) is 6.60. The first-order valence-corrected chi connectivity index (χ1v) is 9.12. The Bertz CT molecular complexity index is 1170. The summed E-state index contributed by atoms with van der Waals surface area (Å²) in [4.78, 5) is 28.2. The van der Waals surface area contributed by atoms with Crippen LogP contribution in [0.5, 0.6) is 0 Å². The van der Waals surface area contributed by atoms with Crippen molar-refractivity contribution < 1.29 is 14.3 Å². The molecule has 1 amide bonds.